The van der Waals surface area contributed by atoms with Gasteiger partial charge in [-0.1, -0.05) is 33.6 Å². The number of nitrogens with zero attached hydrogens (tertiary/aromatic N) is 1. The van der Waals surface area contributed by atoms with Crippen molar-refractivity contribution >= 4 is 27.5 Å². The lowest BCUT2D eigenvalue weighted by molar-refractivity contribution is 0.801. The predicted octanol–water partition coefficient (Wildman–Crippen LogP) is 3.41. The lowest BCUT2D eigenvalue weighted by atomic mass is 10.2. The number of nitrogens with two attached hydrogens (primary N) is 1. The van der Waals surface area contributed by atoms with Crippen molar-refractivity contribution in [3.8, 4) is 0 Å². The van der Waals surface area contributed by atoms with E-state index in [1.807, 2.05) is 36.7 Å². The van der Waals surface area contributed by atoms with Gasteiger partial charge in [-0.3, -0.25) is 0 Å². The fourth-order valence-corrected chi connectivity index (χ4v) is 2.29. The highest BCUT2D eigenvalue weighted by molar-refractivity contribution is 9.10. The molecule has 4 heteroatoms. The number of benzene rings is 1. The molecule has 2 aromatic rings. The second-order valence-electron chi connectivity index (χ2n) is 3.63. The maximum atomic E-state index is 6.15. The average Bonchev–Trinajstić information content (AvgIpc) is 2.70. The summed E-state index contributed by atoms with van der Waals surface area (Å²) in [7, 11) is 0. The van der Waals surface area contributed by atoms with Gasteiger partial charge in [-0.15, -0.1) is 0 Å². The summed E-state index contributed by atoms with van der Waals surface area (Å²) in [5.41, 5.74) is 7.79. The van der Waals surface area contributed by atoms with E-state index in [0.717, 1.165) is 27.2 Å². The molecule has 16 heavy (non-hydrogen) atoms. The number of halogens is 2. The number of aromatic nitrogens is 1. The van der Waals surface area contributed by atoms with Crippen LogP contribution in [0.15, 0.2) is 41.1 Å². The van der Waals surface area contributed by atoms with E-state index in [-0.39, 0.29) is 0 Å². The Hall–Kier alpha value is -0.770. The molecule has 1 heterocycles. The highest BCUT2D eigenvalue weighted by Gasteiger charge is 2.02. The highest BCUT2D eigenvalue weighted by atomic mass is 79.9. The Kier molecular flexibility index (Phi) is 3.69. The van der Waals surface area contributed by atoms with Gasteiger partial charge in [0.25, 0.3) is 0 Å². The smallest absolute Gasteiger partial charge is 0.0485 e. The summed E-state index contributed by atoms with van der Waals surface area (Å²) in [4.78, 5) is 0. The monoisotopic (exact) mass is 298 g/mol. The van der Waals surface area contributed by atoms with E-state index in [4.69, 9.17) is 17.3 Å². The fraction of sp³-hybridized carbons (Fsp3) is 0.167. The average molecular weight is 300 g/mol. The molecule has 0 aliphatic rings. The SMILES string of the molecule is NCc1ccn(Cc2ccc(Br)cc2Cl)c1. The maximum Gasteiger partial charge on any atom is 0.0485 e. The molecule has 0 aliphatic carbocycles. The Bertz CT molecular complexity index is 494. The Morgan fingerprint density at radius 3 is 2.75 bits per heavy atom. The summed E-state index contributed by atoms with van der Waals surface area (Å²) in [6, 6.07) is 7.94. The van der Waals surface area contributed by atoms with Gasteiger partial charge in [0, 0.05) is 35.0 Å². The molecule has 0 atom stereocenters. The normalized spacial score (nSPS) is 10.7. The maximum absolute atomic E-state index is 6.15. The molecule has 0 spiro atoms. The standard InChI is InChI=1S/C12H12BrClN2/c13-11-2-1-10(12(14)5-11)8-16-4-3-9(6-15)7-16/h1-5,7H,6,8,15H2. The third-order valence-corrected chi connectivity index (χ3v) is 3.26. The van der Waals surface area contributed by atoms with Crippen molar-refractivity contribution in [2.75, 3.05) is 0 Å². The van der Waals surface area contributed by atoms with Gasteiger partial charge in [0.1, 0.15) is 0 Å². The van der Waals surface area contributed by atoms with Crippen molar-refractivity contribution in [2.24, 2.45) is 5.73 Å². The summed E-state index contributed by atoms with van der Waals surface area (Å²) in [6.45, 7) is 1.34. The van der Waals surface area contributed by atoms with Crippen LogP contribution < -0.4 is 5.73 Å². The summed E-state index contributed by atoms with van der Waals surface area (Å²) >= 11 is 9.54. The topological polar surface area (TPSA) is 30.9 Å². The summed E-state index contributed by atoms with van der Waals surface area (Å²) in [6.07, 6.45) is 4.05. The van der Waals surface area contributed by atoms with Gasteiger partial charge in [-0.05, 0) is 29.3 Å². The quantitative estimate of drug-likeness (QED) is 0.925. The lowest BCUT2D eigenvalue weighted by Crippen LogP contribution is -1.98. The first-order valence-electron chi connectivity index (χ1n) is 4.97. The third kappa shape index (κ3) is 2.67. The van der Waals surface area contributed by atoms with Gasteiger partial charge in [0.2, 0.25) is 0 Å². The molecule has 0 bridgehead atoms. The molecule has 0 fully saturated rings. The van der Waals surface area contributed by atoms with Gasteiger partial charge < -0.3 is 10.3 Å². The van der Waals surface area contributed by atoms with Gasteiger partial charge in [-0.25, -0.2) is 0 Å². The molecular weight excluding hydrogens is 288 g/mol. The first-order chi connectivity index (χ1) is 7.69. The van der Waals surface area contributed by atoms with Crippen LogP contribution >= 0.6 is 27.5 Å². The second kappa shape index (κ2) is 5.04. The van der Waals surface area contributed by atoms with Crippen molar-refractivity contribution in [3.63, 3.8) is 0 Å². The van der Waals surface area contributed by atoms with Gasteiger partial charge in [-0.2, -0.15) is 0 Å². The van der Waals surface area contributed by atoms with Crippen LogP contribution in [0.3, 0.4) is 0 Å². The van der Waals surface area contributed by atoms with E-state index in [1.165, 1.54) is 0 Å². The highest BCUT2D eigenvalue weighted by Crippen LogP contribution is 2.22. The van der Waals surface area contributed by atoms with Crippen LogP contribution in [0.2, 0.25) is 5.02 Å². The van der Waals surface area contributed by atoms with E-state index < -0.39 is 0 Å². The summed E-state index contributed by atoms with van der Waals surface area (Å²) in [5, 5.41) is 0.775. The van der Waals surface area contributed by atoms with E-state index in [9.17, 15) is 0 Å². The van der Waals surface area contributed by atoms with E-state index in [1.54, 1.807) is 0 Å². The fourth-order valence-electron chi connectivity index (χ4n) is 1.56. The Morgan fingerprint density at radius 2 is 2.12 bits per heavy atom. The Balaban J connectivity index is 2.20. The molecular formula is C12H12BrClN2. The largest absolute Gasteiger partial charge is 0.350 e. The Labute approximate surface area is 108 Å². The van der Waals surface area contributed by atoms with Crippen LogP contribution in [0.4, 0.5) is 0 Å². The summed E-state index contributed by atoms with van der Waals surface area (Å²) < 4.78 is 3.08. The van der Waals surface area contributed by atoms with Crippen molar-refractivity contribution in [1.29, 1.82) is 0 Å². The molecule has 0 amide bonds. The Morgan fingerprint density at radius 1 is 1.31 bits per heavy atom. The van der Waals surface area contributed by atoms with E-state index in [2.05, 4.69) is 20.5 Å². The van der Waals surface area contributed by atoms with Crippen molar-refractivity contribution in [2.45, 2.75) is 13.1 Å². The molecule has 0 saturated heterocycles. The van der Waals surface area contributed by atoms with Crippen LogP contribution in [0.1, 0.15) is 11.1 Å². The first kappa shape index (κ1) is 11.7. The van der Waals surface area contributed by atoms with Gasteiger partial charge in [0.05, 0.1) is 0 Å². The van der Waals surface area contributed by atoms with Crippen molar-refractivity contribution in [3.05, 3.63) is 57.3 Å². The van der Waals surface area contributed by atoms with Gasteiger partial charge >= 0.3 is 0 Å². The molecule has 84 valence electrons. The second-order valence-corrected chi connectivity index (χ2v) is 4.95. The molecule has 0 aliphatic heterocycles. The van der Waals surface area contributed by atoms with Crippen LogP contribution in [0.5, 0.6) is 0 Å². The zero-order valence-electron chi connectivity index (χ0n) is 8.66. The minimum atomic E-state index is 0.571. The minimum Gasteiger partial charge on any atom is -0.350 e. The first-order valence-corrected chi connectivity index (χ1v) is 6.15. The zero-order valence-corrected chi connectivity index (χ0v) is 11.0. The molecule has 0 saturated carbocycles. The molecule has 1 aromatic carbocycles. The van der Waals surface area contributed by atoms with Gasteiger partial charge in [0.15, 0.2) is 0 Å². The molecule has 2 rings (SSSR count). The molecule has 0 unspecified atom stereocenters. The number of hydrogen-bond donors (Lipinski definition) is 1. The molecule has 2 N–H and O–H groups in total. The third-order valence-electron chi connectivity index (χ3n) is 2.42. The number of rotatable bonds is 3. The van der Waals surface area contributed by atoms with Crippen LogP contribution in [0.25, 0.3) is 0 Å². The molecule has 2 nitrogen and oxygen atoms in total. The molecule has 1 aromatic heterocycles. The van der Waals surface area contributed by atoms with Crippen molar-refractivity contribution in [1.82, 2.24) is 4.57 Å². The van der Waals surface area contributed by atoms with Crippen LogP contribution in [-0.4, -0.2) is 4.57 Å². The number of hydrogen-bond acceptors (Lipinski definition) is 1. The van der Waals surface area contributed by atoms with Crippen molar-refractivity contribution < 1.29 is 0 Å². The lowest BCUT2D eigenvalue weighted by Gasteiger charge is -2.06. The molecule has 0 radical (unpaired) electrons. The predicted molar refractivity (Wildman–Crippen MR) is 70.6 cm³/mol. The minimum absolute atomic E-state index is 0.571. The van der Waals surface area contributed by atoms with Crippen LogP contribution in [-0.2, 0) is 13.1 Å². The van der Waals surface area contributed by atoms with Crippen LogP contribution in [0, 0.1) is 0 Å². The summed E-state index contributed by atoms with van der Waals surface area (Å²) in [5.74, 6) is 0. The zero-order chi connectivity index (χ0) is 11.5. The van der Waals surface area contributed by atoms with E-state index in [0.29, 0.717) is 6.54 Å². The van der Waals surface area contributed by atoms with E-state index >= 15 is 0 Å².